The monoisotopic (exact) mass is 302 g/mol. The normalized spacial score (nSPS) is 10.4. The summed E-state index contributed by atoms with van der Waals surface area (Å²) in [6.07, 6.45) is 1.84. The Kier molecular flexibility index (Phi) is 6.37. The molecule has 0 aliphatic carbocycles. The maximum atomic E-state index is 5.72. The van der Waals surface area contributed by atoms with Crippen molar-refractivity contribution in [3.05, 3.63) is 22.2 Å². The minimum Gasteiger partial charge on any atom is -0.492 e. The van der Waals surface area contributed by atoms with Crippen molar-refractivity contribution in [2.45, 2.75) is 19.8 Å². The van der Waals surface area contributed by atoms with Gasteiger partial charge < -0.3 is 14.2 Å². The second kappa shape index (κ2) is 7.56. The van der Waals surface area contributed by atoms with E-state index in [1.807, 2.05) is 6.07 Å². The fraction of sp³-hybridized carbons (Fsp3) is 0.538. The maximum Gasteiger partial charge on any atom is 0.174 e. The number of benzene rings is 1. The molecule has 0 saturated heterocycles. The molecule has 0 atom stereocenters. The van der Waals surface area contributed by atoms with Crippen LogP contribution in [-0.2, 0) is 11.2 Å². The van der Waals surface area contributed by atoms with Crippen molar-refractivity contribution in [2.24, 2.45) is 0 Å². The highest BCUT2D eigenvalue weighted by molar-refractivity contribution is 9.10. The third-order valence-corrected chi connectivity index (χ3v) is 3.02. The van der Waals surface area contributed by atoms with Gasteiger partial charge in [-0.25, -0.2) is 0 Å². The average Bonchev–Trinajstić information content (AvgIpc) is 2.34. The molecule has 0 bridgehead atoms. The summed E-state index contributed by atoms with van der Waals surface area (Å²) >= 11 is 3.49. The minimum absolute atomic E-state index is 0.629. The van der Waals surface area contributed by atoms with Gasteiger partial charge >= 0.3 is 0 Å². The van der Waals surface area contributed by atoms with Crippen LogP contribution in [0.2, 0.25) is 0 Å². The third-order valence-electron chi connectivity index (χ3n) is 2.43. The first-order valence-corrected chi connectivity index (χ1v) is 6.50. The van der Waals surface area contributed by atoms with Crippen LogP contribution in [0.3, 0.4) is 0 Å². The number of methoxy groups -OCH3 is 2. The van der Waals surface area contributed by atoms with Crippen molar-refractivity contribution in [3.8, 4) is 11.5 Å². The summed E-state index contributed by atoms with van der Waals surface area (Å²) in [6.45, 7) is 3.45. The molecule has 1 aromatic rings. The van der Waals surface area contributed by atoms with E-state index in [1.165, 1.54) is 5.56 Å². The lowest BCUT2D eigenvalue weighted by Crippen LogP contribution is -2.03. The zero-order valence-electron chi connectivity index (χ0n) is 10.6. The quantitative estimate of drug-likeness (QED) is 0.722. The average molecular weight is 303 g/mol. The van der Waals surface area contributed by atoms with Gasteiger partial charge in [0.25, 0.3) is 0 Å². The Morgan fingerprint density at radius 2 is 1.94 bits per heavy atom. The SMILES string of the molecule is CCc1cc(Br)c(OC)c(OCCCOC)c1. The van der Waals surface area contributed by atoms with Crippen LogP contribution in [0, 0.1) is 0 Å². The van der Waals surface area contributed by atoms with Crippen LogP contribution in [0.5, 0.6) is 11.5 Å². The molecule has 0 N–H and O–H groups in total. The molecule has 96 valence electrons. The largest absolute Gasteiger partial charge is 0.492 e. The van der Waals surface area contributed by atoms with E-state index in [9.17, 15) is 0 Å². The molecule has 4 heteroatoms. The lowest BCUT2D eigenvalue weighted by Gasteiger charge is -2.13. The Morgan fingerprint density at radius 3 is 2.53 bits per heavy atom. The van der Waals surface area contributed by atoms with Gasteiger partial charge in [-0.2, -0.15) is 0 Å². The summed E-state index contributed by atoms with van der Waals surface area (Å²) in [5.41, 5.74) is 1.22. The molecule has 0 unspecified atom stereocenters. The topological polar surface area (TPSA) is 27.7 Å². The van der Waals surface area contributed by atoms with Crippen molar-refractivity contribution < 1.29 is 14.2 Å². The van der Waals surface area contributed by atoms with Gasteiger partial charge in [-0.15, -0.1) is 0 Å². The highest BCUT2D eigenvalue weighted by atomic mass is 79.9. The van der Waals surface area contributed by atoms with E-state index in [0.29, 0.717) is 13.2 Å². The van der Waals surface area contributed by atoms with Crippen LogP contribution in [0.4, 0.5) is 0 Å². The van der Waals surface area contributed by atoms with Crippen LogP contribution >= 0.6 is 15.9 Å². The predicted octanol–water partition coefficient (Wildman–Crippen LogP) is 3.44. The Labute approximate surface area is 111 Å². The summed E-state index contributed by atoms with van der Waals surface area (Å²) in [5, 5.41) is 0. The zero-order chi connectivity index (χ0) is 12.7. The number of hydrogen-bond donors (Lipinski definition) is 0. The summed E-state index contributed by atoms with van der Waals surface area (Å²) in [5.74, 6) is 1.54. The molecule has 0 aromatic heterocycles. The van der Waals surface area contributed by atoms with E-state index >= 15 is 0 Å². The van der Waals surface area contributed by atoms with E-state index in [4.69, 9.17) is 14.2 Å². The van der Waals surface area contributed by atoms with Crippen molar-refractivity contribution in [1.82, 2.24) is 0 Å². The third kappa shape index (κ3) is 4.21. The van der Waals surface area contributed by atoms with Crippen molar-refractivity contribution in [3.63, 3.8) is 0 Å². The van der Waals surface area contributed by atoms with Gasteiger partial charge in [0.1, 0.15) is 0 Å². The molecule has 0 saturated carbocycles. The van der Waals surface area contributed by atoms with Crippen molar-refractivity contribution in [1.29, 1.82) is 0 Å². The molecule has 0 amide bonds. The standard InChI is InChI=1S/C13H19BrO3/c1-4-10-8-11(14)13(16-3)12(9-10)17-7-5-6-15-2/h8-9H,4-7H2,1-3H3. The molecule has 17 heavy (non-hydrogen) atoms. The van der Waals surface area contributed by atoms with Crippen LogP contribution in [0.15, 0.2) is 16.6 Å². The van der Waals surface area contributed by atoms with Crippen molar-refractivity contribution in [2.75, 3.05) is 27.4 Å². The molecular formula is C13H19BrO3. The molecule has 0 heterocycles. The molecule has 0 fully saturated rings. The fourth-order valence-corrected chi connectivity index (χ4v) is 2.17. The van der Waals surface area contributed by atoms with Crippen molar-refractivity contribution >= 4 is 15.9 Å². The second-order valence-corrected chi connectivity index (χ2v) is 4.51. The molecular weight excluding hydrogens is 284 g/mol. The number of ether oxygens (including phenoxy) is 3. The summed E-state index contributed by atoms with van der Waals surface area (Å²) < 4.78 is 17.0. The Bertz CT molecular complexity index is 353. The van der Waals surface area contributed by atoms with E-state index in [2.05, 4.69) is 28.9 Å². The van der Waals surface area contributed by atoms with E-state index in [-0.39, 0.29) is 0 Å². The van der Waals surface area contributed by atoms with E-state index in [1.54, 1.807) is 14.2 Å². The Hall–Kier alpha value is -0.740. The number of halogens is 1. The Morgan fingerprint density at radius 1 is 1.18 bits per heavy atom. The van der Waals surface area contributed by atoms with Crippen LogP contribution < -0.4 is 9.47 Å². The molecule has 0 radical (unpaired) electrons. The number of hydrogen-bond acceptors (Lipinski definition) is 3. The van der Waals surface area contributed by atoms with E-state index in [0.717, 1.165) is 28.8 Å². The fourth-order valence-electron chi connectivity index (χ4n) is 1.52. The summed E-state index contributed by atoms with van der Waals surface area (Å²) in [7, 11) is 3.34. The van der Waals surface area contributed by atoms with Gasteiger partial charge in [0.05, 0.1) is 18.2 Å². The minimum atomic E-state index is 0.629. The number of rotatable bonds is 7. The first-order valence-electron chi connectivity index (χ1n) is 5.71. The Balaban J connectivity index is 2.76. The van der Waals surface area contributed by atoms with Gasteiger partial charge in [0.2, 0.25) is 0 Å². The van der Waals surface area contributed by atoms with Gasteiger partial charge in [0, 0.05) is 20.1 Å². The van der Waals surface area contributed by atoms with Gasteiger partial charge in [-0.3, -0.25) is 0 Å². The first-order chi connectivity index (χ1) is 8.22. The highest BCUT2D eigenvalue weighted by Crippen LogP contribution is 2.36. The maximum absolute atomic E-state index is 5.72. The van der Waals surface area contributed by atoms with Crippen LogP contribution in [0.25, 0.3) is 0 Å². The van der Waals surface area contributed by atoms with Crippen LogP contribution in [0.1, 0.15) is 18.9 Å². The second-order valence-electron chi connectivity index (χ2n) is 3.66. The van der Waals surface area contributed by atoms with Gasteiger partial charge in [-0.1, -0.05) is 6.92 Å². The van der Waals surface area contributed by atoms with Crippen LogP contribution in [-0.4, -0.2) is 27.4 Å². The number of aryl methyl sites for hydroxylation is 1. The lowest BCUT2D eigenvalue weighted by atomic mass is 10.1. The molecule has 3 nitrogen and oxygen atoms in total. The summed E-state index contributed by atoms with van der Waals surface area (Å²) in [6, 6.07) is 4.08. The highest BCUT2D eigenvalue weighted by Gasteiger charge is 2.10. The molecule has 1 rings (SSSR count). The molecule has 1 aromatic carbocycles. The lowest BCUT2D eigenvalue weighted by molar-refractivity contribution is 0.170. The smallest absolute Gasteiger partial charge is 0.174 e. The molecule has 0 spiro atoms. The summed E-state index contributed by atoms with van der Waals surface area (Å²) in [4.78, 5) is 0. The van der Waals surface area contributed by atoms with E-state index < -0.39 is 0 Å². The predicted molar refractivity (Wildman–Crippen MR) is 72.1 cm³/mol. The molecule has 0 aliphatic heterocycles. The van der Waals surface area contributed by atoms with Gasteiger partial charge in [-0.05, 0) is 40.0 Å². The van der Waals surface area contributed by atoms with Gasteiger partial charge in [0.15, 0.2) is 11.5 Å². The first kappa shape index (κ1) is 14.3. The molecule has 0 aliphatic rings. The zero-order valence-corrected chi connectivity index (χ0v) is 12.2.